The zero-order valence-corrected chi connectivity index (χ0v) is 9.91. The molecule has 18 heavy (non-hydrogen) atoms. The summed E-state index contributed by atoms with van der Waals surface area (Å²) >= 11 is 0. The van der Waals surface area contributed by atoms with Crippen LogP contribution >= 0.6 is 0 Å². The van der Waals surface area contributed by atoms with Crippen LogP contribution in [-0.4, -0.2) is 31.1 Å². The first kappa shape index (κ1) is 12.7. The third-order valence-corrected chi connectivity index (χ3v) is 2.45. The molecule has 0 fully saturated rings. The lowest BCUT2D eigenvalue weighted by Crippen LogP contribution is -2.15. The van der Waals surface area contributed by atoms with Gasteiger partial charge in [-0.15, -0.1) is 0 Å². The molecule has 2 rings (SSSR count). The zero-order valence-electron chi connectivity index (χ0n) is 9.91. The van der Waals surface area contributed by atoms with Crippen LogP contribution in [0.3, 0.4) is 0 Å². The van der Waals surface area contributed by atoms with Gasteiger partial charge in [0.2, 0.25) is 0 Å². The first-order valence-electron chi connectivity index (χ1n) is 5.57. The maximum absolute atomic E-state index is 12.8. The standard InChI is InChI=1S/C12H14FN3O2/c1-8(18)6-16-10(7-17)4-12(15-16)11-3-2-9(13)5-14-11/h2-5,8,17-18H,6-7H2,1H3/t8-/m1/s1. The summed E-state index contributed by atoms with van der Waals surface area (Å²) in [5, 5.41) is 22.8. The Morgan fingerprint density at radius 3 is 2.72 bits per heavy atom. The molecule has 96 valence electrons. The number of aromatic nitrogens is 3. The zero-order chi connectivity index (χ0) is 13.1. The molecule has 0 saturated heterocycles. The normalized spacial score (nSPS) is 12.7. The lowest BCUT2D eigenvalue weighted by molar-refractivity contribution is 0.163. The van der Waals surface area contributed by atoms with Gasteiger partial charge in [-0.25, -0.2) is 4.39 Å². The van der Waals surface area contributed by atoms with Crippen molar-refractivity contribution in [2.75, 3.05) is 0 Å². The van der Waals surface area contributed by atoms with E-state index >= 15 is 0 Å². The number of aliphatic hydroxyl groups is 2. The Labute approximate surface area is 104 Å². The fourth-order valence-corrected chi connectivity index (χ4v) is 1.64. The van der Waals surface area contributed by atoms with Crippen molar-refractivity contribution >= 4 is 0 Å². The van der Waals surface area contributed by atoms with Crippen molar-refractivity contribution in [3.8, 4) is 11.4 Å². The van der Waals surface area contributed by atoms with Gasteiger partial charge < -0.3 is 10.2 Å². The third kappa shape index (κ3) is 2.72. The van der Waals surface area contributed by atoms with Crippen molar-refractivity contribution in [3.63, 3.8) is 0 Å². The quantitative estimate of drug-likeness (QED) is 0.849. The summed E-state index contributed by atoms with van der Waals surface area (Å²) in [6.07, 6.45) is 0.547. The molecule has 0 unspecified atom stereocenters. The van der Waals surface area contributed by atoms with Crippen molar-refractivity contribution in [1.29, 1.82) is 0 Å². The van der Waals surface area contributed by atoms with E-state index < -0.39 is 11.9 Å². The Morgan fingerprint density at radius 1 is 1.39 bits per heavy atom. The number of hydrogen-bond donors (Lipinski definition) is 2. The minimum atomic E-state index is -0.566. The molecule has 2 N–H and O–H groups in total. The molecule has 0 aromatic carbocycles. The molecule has 6 heteroatoms. The summed E-state index contributed by atoms with van der Waals surface area (Å²) in [7, 11) is 0. The van der Waals surface area contributed by atoms with Crippen LogP contribution in [-0.2, 0) is 13.2 Å². The van der Waals surface area contributed by atoms with Crippen LogP contribution < -0.4 is 0 Å². The predicted octanol–water partition coefficient (Wildman–Crippen LogP) is 0.957. The molecule has 0 bridgehead atoms. The predicted molar refractivity (Wildman–Crippen MR) is 63.0 cm³/mol. The molecule has 0 saturated carbocycles. The highest BCUT2D eigenvalue weighted by Crippen LogP contribution is 2.17. The van der Waals surface area contributed by atoms with E-state index in [4.69, 9.17) is 0 Å². The number of halogens is 1. The van der Waals surface area contributed by atoms with Crippen LogP contribution in [0.4, 0.5) is 4.39 Å². The lowest BCUT2D eigenvalue weighted by atomic mass is 10.2. The van der Waals surface area contributed by atoms with E-state index in [0.717, 1.165) is 6.20 Å². The highest BCUT2D eigenvalue weighted by molar-refractivity contribution is 5.53. The fraction of sp³-hybridized carbons (Fsp3) is 0.333. The highest BCUT2D eigenvalue weighted by Gasteiger charge is 2.11. The number of aliphatic hydroxyl groups excluding tert-OH is 2. The molecule has 0 radical (unpaired) electrons. The topological polar surface area (TPSA) is 71.2 Å². The second kappa shape index (κ2) is 5.24. The number of nitrogens with zero attached hydrogens (tertiary/aromatic N) is 3. The van der Waals surface area contributed by atoms with Crippen molar-refractivity contribution in [1.82, 2.24) is 14.8 Å². The van der Waals surface area contributed by atoms with Crippen LogP contribution in [0.5, 0.6) is 0 Å². The van der Waals surface area contributed by atoms with E-state index in [1.807, 2.05) is 0 Å². The minimum Gasteiger partial charge on any atom is -0.391 e. The summed E-state index contributed by atoms with van der Waals surface area (Å²) in [4.78, 5) is 3.92. The van der Waals surface area contributed by atoms with E-state index in [-0.39, 0.29) is 13.2 Å². The van der Waals surface area contributed by atoms with Crippen LogP contribution in [0.1, 0.15) is 12.6 Å². The van der Waals surface area contributed by atoms with Gasteiger partial charge in [0.25, 0.3) is 0 Å². The molecular weight excluding hydrogens is 237 g/mol. The number of pyridine rings is 1. The van der Waals surface area contributed by atoms with Gasteiger partial charge in [0.1, 0.15) is 11.5 Å². The average Bonchev–Trinajstić information content (AvgIpc) is 2.72. The van der Waals surface area contributed by atoms with Gasteiger partial charge in [-0.05, 0) is 25.1 Å². The van der Waals surface area contributed by atoms with E-state index in [1.165, 1.54) is 16.8 Å². The molecule has 2 aromatic rings. The maximum atomic E-state index is 12.8. The van der Waals surface area contributed by atoms with E-state index in [0.29, 0.717) is 17.1 Å². The lowest BCUT2D eigenvalue weighted by Gasteiger charge is -2.06. The van der Waals surface area contributed by atoms with Crippen LogP contribution in [0.25, 0.3) is 11.4 Å². The Kier molecular flexibility index (Phi) is 3.69. The summed E-state index contributed by atoms with van der Waals surface area (Å²) in [6, 6.07) is 4.49. The average molecular weight is 251 g/mol. The van der Waals surface area contributed by atoms with E-state index in [9.17, 15) is 14.6 Å². The largest absolute Gasteiger partial charge is 0.391 e. The van der Waals surface area contributed by atoms with Gasteiger partial charge >= 0.3 is 0 Å². The first-order valence-corrected chi connectivity index (χ1v) is 5.57. The molecular formula is C12H14FN3O2. The Hall–Kier alpha value is -1.79. The minimum absolute atomic E-state index is 0.180. The Balaban J connectivity index is 2.34. The van der Waals surface area contributed by atoms with Crippen molar-refractivity contribution < 1.29 is 14.6 Å². The van der Waals surface area contributed by atoms with E-state index in [2.05, 4.69) is 10.1 Å². The second-order valence-corrected chi connectivity index (χ2v) is 4.07. The van der Waals surface area contributed by atoms with Gasteiger partial charge in [0.05, 0.1) is 36.8 Å². The summed E-state index contributed by atoms with van der Waals surface area (Å²) in [6.45, 7) is 1.75. The van der Waals surface area contributed by atoms with Gasteiger partial charge in [0, 0.05) is 0 Å². The molecule has 0 aliphatic heterocycles. The van der Waals surface area contributed by atoms with Crippen molar-refractivity contribution in [3.05, 3.63) is 35.9 Å². The molecule has 0 amide bonds. The van der Waals surface area contributed by atoms with Crippen LogP contribution in [0.15, 0.2) is 24.4 Å². The molecule has 5 nitrogen and oxygen atoms in total. The monoisotopic (exact) mass is 251 g/mol. The molecule has 0 spiro atoms. The van der Waals surface area contributed by atoms with Crippen molar-refractivity contribution in [2.45, 2.75) is 26.2 Å². The highest BCUT2D eigenvalue weighted by atomic mass is 19.1. The third-order valence-electron chi connectivity index (χ3n) is 2.45. The Bertz CT molecular complexity index is 523. The number of hydrogen-bond acceptors (Lipinski definition) is 4. The summed E-state index contributed by atoms with van der Waals surface area (Å²) in [5.74, 6) is -0.412. The molecule has 0 aliphatic carbocycles. The van der Waals surface area contributed by atoms with Gasteiger partial charge in [0.15, 0.2) is 0 Å². The molecule has 1 atom stereocenters. The van der Waals surface area contributed by atoms with Gasteiger partial charge in [-0.3, -0.25) is 9.67 Å². The van der Waals surface area contributed by atoms with E-state index in [1.54, 1.807) is 13.0 Å². The maximum Gasteiger partial charge on any atom is 0.141 e. The van der Waals surface area contributed by atoms with Crippen LogP contribution in [0.2, 0.25) is 0 Å². The first-order chi connectivity index (χ1) is 8.60. The molecule has 2 aromatic heterocycles. The fourth-order valence-electron chi connectivity index (χ4n) is 1.64. The van der Waals surface area contributed by atoms with Gasteiger partial charge in [-0.1, -0.05) is 0 Å². The van der Waals surface area contributed by atoms with Crippen molar-refractivity contribution in [2.24, 2.45) is 0 Å². The smallest absolute Gasteiger partial charge is 0.141 e. The summed E-state index contributed by atoms with van der Waals surface area (Å²) < 4.78 is 14.3. The summed E-state index contributed by atoms with van der Waals surface area (Å²) in [5.41, 5.74) is 1.65. The van der Waals surface area contributed by atoms with Gasteiger partial charge in [-0.2, -0.15) is 5.10 Å². The SMILES string of the molecule is C[C@@H](O)Cn1nc(-c2ccc(F)cn2)cc1CO. The second-order valence-electron chi connectivity index (χ2n) is 4.07. The Morgan fingerprint density at radius 2 is 2.17 bits per heavy atom. The number of rotatable bonds is 4. The van der Waals surface area contributed by atoms with Crippen LogP contribution in [0, 0.1) is 5.82 Å². The molecule has 0 aliphatic rings. The molecule has 2 heterocycles.